The second-order valence-corrected chi connectivity index (χ2v) is 5.26. The lowest BCUT2D eigenvalue weighted by atomic mass is 9.84. The molecule has 0 aromatic carbocycles. The first-order valence-electron chi connectivity index (χ1n) is 6.10. The van der Waals surface area contributed by atoms with Gasteiger partial charge in [0.2, 0.25) is 0 Å². The molecular weight excluding hydrogens is 252 g/mol. The highest BCUT2D eigenvalue weighted by Gasteiger charge is 2.45. The smallest absolute Gasteiger partial charge is 0.330 e. The molecule has 3 atom stereocenters. The van der Waals surface area contributed by atoms with Crippen LogP contribution in [0.3, 0.4) is 0 Å². The normalized spacial score (nSPS) is 30.7. The van der Waals surface area contributed by atoms with Gasteiger partial charge in [-0.15, -0.1) is 0 Å². The van der Waals surface area contributed by atoms with E-state index in [1.165, 1.54) is 10.8 Å². The van der Waals surface area contributed by atoms with Gasteiger partial charge in [0.25, 0.3) is 5.56 Å². The van der Waals surface area contributed by atoms with Gasteiger partial charge in [-0.25, -0.2) is 4.79 Å². The number of aromatic nitrogens is 2. The molecule has 1 aromatic heterocycles. The van der Waals surface area contributed by atoms with Crippen LogP contribution in [0, 0.1) is 12.3 Å². The van der Waals surface area contributed by atoms with Crippen LogP contribution < -0.4 is 11.2 Å². The van der Waals surface area contributed by atoms with Gasteiger partial charge in [-0.2, -0.15) is 0 Å². The Labute approximate surface area is 109 Å². The Kier molecular flexibility index (Phi) is 3.62. The lowest BCUT2D eigenvalue weighted by Gasteiger charge is -2.25. The Morgan fingerprint density at radius 2 is 2.21 bits per heavy atom. The summed E-state index contributed by atoms with van der Waals surface area (Å²) in [6.07, 6.45) is 0.683. The molecule has 0 radical (unpaired) electrons. The third-order valence-electron chi connectivity index (χ3n) is 3.72. The van der Waals surface area contributed by atoms with Crippen LogP contribution in [0.2, 0.25) is 0 Å². The fourth-order valence-electron chi connectivity index (χ4n) is 2.33. The van der Waals surface area contributed by atoms with E-state index in [-0.39, 0.29) is 13.2 Å². The molecule has 1 aliphatic heterocycles. The number of aromatic amines is 1. The Morgan fingerprint density at radius 1 is 1.53 bits per heavy atom. The van der Waals surface area contributed by atoms with Crippen molar-refractivity contribution in [3.05, 3.63) is 32.6 Å². The van der Waals surface area contributed by atoms with Crippen LogP contribution in [-0.4, -0.2) is 39.1 Å². The predicted molar refractivity (Wildman–Crippen MR) is 66.9 cm³/mol. The summed E-state index contributed by atoms with van der Waals surface area (Å²) in [5.41, 5.74) is -1.19. The second-order valence-electron chi connectivity index (χ2n) is 5.26. The lowest BCUT2D eigenvalue weighted by Crippen LogP contribution is -2.34. The van der Waals surface area contributed by atoms with Gasteiger partial charge in [0.05, 0.1) is 19.3 Å². The summed E-state index contributed by atoms with van der Waals surface area (Å²) in [6.45, 7) is 3.01. The first-order chi connectivity index (χ1) is 8.91. The fraction of sp³-hybridized carbons (Fsp3) is 0.667. The van der Waals surface area contributed by atoms with E-state index in [1.54, 1.807) is 13.8 Å². The number of aryl methyl sites for hydroxylation is 1. The van der Waals surface area contributed by atoms with Crippen LogP contribution in [0.15, 0.2) is 15.8 Å². The number of aliphatic hydroxyl groups is 2. The molecule has 0 aliphatic carbocycles. The third kappa shape index (κ3) is 2.36. The van der Waals surface area contributed by atoms with Gasteiger partial charge in [0.15, 0.2) is 0 Å². The predicted octanol–water partition coefficient (Wildman–Crippen LogP) is -0.877. The highest BCUT2D eigenvalue weighted by atomic mass is 16.5. The van der Waals surface area contributed by atoms with Gasteiger partial charge in [-0.1, -0.05) is 6.92 Å². The molecule has 0 spiro atoms. The summed E-state index contributed by atoms with van der Waals surface area (Å²) in [6, 6.07) is 0. The van der Waals surface area contributed by atoms with Gasteiger partial charge >= 0.3 is 5.69 Å². The standard InChI is InChI=1S/C12H18N2O5/c1-7-4-14(11(18)13-10(7)17)9-3-12(2,6-16)8(5-15)19-9/h4,8-9,15-16H,3,5-6H2,1-2H3,(H,13,17,18)/t8-,9+,12-/m1/s1. The fourth-order valence-corrected chi connectivity index (χ4v) is 2.33. The molecule has 1 fully saturated rings. The van der Waals surface area contributed by atoms with Crippen molar-refractivity contribution in [2.24, 2.45) is 5.41 Å². The quantitative estimate of drug-likeness (QED) is 0.662. The van der Waals surface area contributed by atoms with E-state index >= 15 is 0 Å². The Morgan fingerprint density at radius 3 is 2.74 bits per heavy atom. The number of H-pyrrole nitrogens is 1. The van der Waals surface area contributed by atoms with E-state index in [2.05, 4.69) is 4.98 Å². The molecule has 2 heterocycles. The first-order valence-corrected chi connectivity index (χ1v) is 6.10. The van der Waals surface area contributed by atoms with Crippen molar-refractivity contribution in [1.82, 2.24) is 9.55 Å². The summed E-state index contributed by atoms with van der Waals surface area (Å²) in [7, 11) is 0. The molecule has 3 N–H and O–H groups in total. The second kappa shape index (κ2) is 4.92. The Balaban J connectivity index is 2.38. The van der Waals surface area contributed by atoms with Crippen molar-refractivity contribution in [3.8, 4) is 0 Å². The molecule has 2 rings (SSSR count). The van der Waals surface area contributed by atoms with Gasteiger partial charge in [0, 0.05) is 23.6 Å². The zero-order chi connectivity index (χ0) is 14.2. The molecule has 7 heteroatoms. The van der Waals surface area contributed by atoms with Crippen LogP contribution in [0.4, 0.5) is 0 Å². The maximum absolute atomic E-state index is 11.8. The van der Waals surface area contributed by atoms with Crippen LogP contribution >= 0.6 is 0 Å². The molecule has 1 aliphatic rings. The van der Waals surface area contributed by atoms with Crippen molar-refractivity contribution < 1.29 is 14.9 Å². The number of nitrogens with zero attached hydrogens (tertiary/aromatic N) is 1. The number of hydrogen-bond acceptors (Lipinski definition) is 5. The highest BCUT2D eigenvalue weighted by Crippen LogP contribution is 2.42. The van der Waals surface area contributed by atoms with Gasteiger partial charge in [-0.3, -0.25) is 14.3 Å². The van der Waals surface area contributed by atoms with E-state index in [0.29, 0.717) is 12.0 Å². The summed E-state index contributed by atoms with van der Waals surface area (Å²) in [5, 5.41) is 18.7. The molecule has 106 valence electrons. The van der Waals surface area contributed by atoms with Crippen molar-refractivity contribution in [2.75, 3.05) is 13.2 Å². The van der Waals surface area contributed by atoms with Crippen LogP contribution in [0.5, 0.6) is 0 Å². The molecule has 0 bridgehead atoms. The van der Waals surface area contributed by atoms with Crippen molar-refractivity contribution >= 4 is 0 Å². The first kappa shape index (κ1) is 14.0. The molecule has 0 amide bonds. The topological polar surface area (TPSA) is 105 Å². The average molecular weight is 270 g/mol. The van der Waals surface area contributed by atoms with Crippen LogP contribution in [0.25, 0.3) is 0 Å². The number of nitrogens with one attached hydrogen (secondary N) is 1. The number of rotatable bonds is 3. The minimum atomic E-state index is -0.608. The largest absolute Gasteiger partial charge is 0.396 e. The van der Waals surface area contributed by atoms with Crippen LogP contribution in [0.1, 0.15) is 25.1 Å². The van der Waals surface area contributed by atoms with E-state index in [0.717, 1.165) is 0 Å². The Hall–Kier alpha value is -1.44. The van der Waals surface area contributed by atoms with E-state index in [1.807, 2.05) is 0 Å². The molecule has 0 saturated carbocycles. The summed E-state index contributed by atoms with van der Waals surface area (Å²) in [5.74, 6) is 0. The van der Waals surface area contributed by atoms with Crippen LogP contribution in [-0.2, 0) is 4.74 Å². The van der Waals surface area contributed by atoms with Crippen molar-refractivity contribution in [1.29, 1.82) is 0 Å². The molecular formula is C12H18N2O5. The van der Waals surface area contributed by atoms with E-state index in [9.17, 15) is 19.8 Å². The minimum absolute atomic E-state index is 0.147. The molecule has 0 unspecified atom stereocenters. The SMILES string of the molecule is Cc1cn([C@@H]2C[C@](C)(CO)[C@@H](CO)O2)c(=O)[nH]c1=O. The van der Waals surface area contributed by atoms with Crippen molar-refractivity contribution in [3.63, 3.8) is 0 Å². The van der Waals surface area contributed by atoms with E-state index < -0.39 is 29.0 Å². The number of ether oxygens (including phenoxy) is 1. The zero-order valence-corrected chi connectivity index (χ0v) is 10.9. The number of aliphatic hydroxyl groups excluding tert-OH is 2. The summed E-state index contributed by atoms with van der Waals surface area (Å²) < 4.78 is 6.90. The lowest BCUT2D eigenvalue weighted by molar-refractivity contribution is -0.0542. The average Bonchev–Trinajstić information content (AvgIpc) is 2.71. The zero-order valence-electron chi connectivity index (χ0n) is 10.9. The molecule has 1 aromatic rings. The third-order valence-corrected chi connectivity index (χ3v) is 3.72. The maximum Gasteiger partial charge on any atom is 0.330 e. The Bertz CT molecular complexity index is 578. The molecule has 19 heavy (non-hydrogen) atoms. The van der Waals surface area contributed by atoms with E-state index in [4.69, 9.17) is 4.74 Å². The van der Waals surface area contributed by atoms with Crippen molar-refractivity contribution in [2.45, 2.75) is 32.6 Å². The highest BCUT2D eigenvalue weighted by molar-refractivity contribution is 5.02. The van der Waals surface area contributed by atoms with Gasteiger partial charge < -0.3 is 14.9 Å². The number of hydrogen-bond donors (Lipinski definition) is 3. The molecule has 7 nitrogen and oxygen atoms in total. The van der Waals surface area contributed by atoms with Gasteiger partial charge in [-0.05, 0) is 6.92 Å². The summed E-state index contributed by atoms with van der Waals surface area (Å²) in [4.78, 5) is 25.3. The maximum atomic E-state index is 11.8. The monoisotopic (exact) mass is 270 g/mol. The molecule has 1 saturated heterocycles. The van der Waals surface area contributed by atoms with Gasteiger partial charge in [0.1, 0.15) is 6.23 Å². The minimum Gasteiger partial charge on any atom is -0.396 e. The summed E-state index contributed by atoms with van der Waals surface area (Å²) >= 11 is 0.